The highest BCUT2D eigenvalue weighted by atomic mass is 19.1. The van der Waals surface area contributed by atoms with Crippen molar-refractivity contribution in [3.63, 3.8) is 0 Å². The van der Waals surface area contributed by atoms with Crippen LogP contribution >= 0.6 is 0 Å². The maximum absolute atomic E-state index is 13.0. The molecule has 0 bridgehead atoms. The average Bonchev–Trinajstić information content (AvgIpc) is 2.73. The lowest BCUT2D eigenvalue weighted by atomic mass is 9.96. The lowest BCUT2D eigenvalue weighted by Crippen LogP contribution is -2.48. The molecule has 6 heteroatoms. The second-order valence-electron chi connectivity index (χ2n) is 6.22. The van der Waals surface area contributed by atoms with E-state index in [2.05, 4.69) is 10.6 Å². The van der Waals surface area contributed by atoms with Gasteiger partial charge in [-0.1, -0.05) is 26.0 Å². The minimum absolute atomic E-state index is 0.0213. The fourth-order valence-corrected chi connectivity index (χ4v) is 2.55. The Morgan fingerprint density at radius 3 is 2.65 bits per heavy atom. The van der Waals surface area contributed by atoms with Gasteiger partial charge in [0.15, 0.2) is 0 Å². The van der Waals surface area contributed by atoms with Crippen molar-refractivity contribution in [2.75, 3.05) is 19.6 Å². The SMILES string of the molecule is CC(C)[C@@H](Cc1ccc(F)cc1)NC(=O)N1CCNC(=O)CC1. The molecule has 0 unspecified atom stereocenters. The van der Waals surface area contributed by atoms with Crippen LogP contribution in [0.4, 0.5) is 9.18 Å². The highest BCUT2D eigenvalue weighted by Gasteiger charge is 2.22. The number of carbonyl (C=O) groups excluding carboxylic acids is 2. The summed E-state index contributed by atoms with van der Waals surface area (Å²) >= 11 is 0. The highest BCUT2D eigenvalue weighted by molar-refractivity contribution is 5.79. The van der Waals surface area contributed by atoms with Gasteiger partial charge in [-0.15, -0.1) is 0 Å². The van der Waals surface area contributed by atoms with Crippen LogP contribution in [0.2, 0.25) is 0 Å². The molecule has 1 fully saturated rings. The number of urea groups is 1. The molecule has 0 aliphatic carbocycles. The lowest BCUT2D eigenvalue weighted by molar-refractivity contribution is -0.120. The Balaban J connectivity index is 1.96. The summed E-state index contributed by atoms with van der Waals surface area (Å²) in [5.41, 5.74) is 0.984. The highest BCUT2D eigenvalue weighted by Crippen LogP contribution is 2.12. The predicted octanol–water partition coefficient (Wildman–Crippen LogP) is 1.92. The molecule has 0 saturated carbocycles. The van der Waals surface area contributed by atoms with Crippen LogP contribution in [-0.2, 0) is 11.2 Å². The van der Waals surface area contributed by atoms with E-state index in [1.807, 2.05) is 13.8 Å². The Labute approximate surface area is 136 Å². The molecule has 1 aromatic rings. The lowest BCUT2D eigenvalue weighted by Gasteiger charge is -2.27. The predicted molar refractivity (Wildman–Crippen MR) is 86.5 cm³/mol. The van der Waals surface area contributed by atoms with Gasteiger partial charge < -0.3 is 15.5 Å². The molecule has 2 N–H and O–H groups in total. The van der Waals surface area contributed by atoms with Crippen molar-refractivity contribution >= 4 is 11.9 Å². The first kappa shape index (κ1) is 17.2. The summed E-state index contributed by atoms with van der Waals surface area (Å²) in [6.45, 7) is 5.51. The third kappa shape index (κ3) is 5.23. The molecule has 23 heavy (non-hydrogen) atoms. The molecule has 0 spiro atoms. The van der Waals surface area contributed by atoms with E-state index in [0.717, 1.165) is 5.56 Å². The molecule has 1 aromatic carbocycles. The Morgan fingerprint density at radius 2 is 2.00 bits per heavy atom. The van der Waals surface area contributed by atoms with Crippen molar-refractivity contribution in [2.45, 2.75) is 32.7 Å². The van der Waals surface area contributed by atoms with Crippen molar-refractivity contribution in [1.29, 1.82) is 0 Å². The number of nitrogens with zero attached hydrogens (tertiary/aromatic N) is 1. The number of nitrogens with one attached hydrogen (secondary N) is 2. The van der Waals surface area contributed by atoms with Crippen molar-refractivity contribution < 1.29 is 14.0 Å². The van der Waals surface area contributed by atoms with Gasteiger partial charge in [-0.2, -0.15) is 0 Å². The van der Waals surface area contributed by atoms with Crippen LogP contribution in [0.1, 0.15) is 25.8 Å². The summed E-state index contributed by atoms with van der Waals surface area (Å²) in [6.07, 6.45) is 0.979. The van der Waals surface area contributed by atoms with Crippen molar-refractivity contribution in [3.05, 3.63) is 35.6 Å². The van der Waals surface area contributed by atoms with E-state index in [1.54, 1.807) is 17.0 Å². The van der Waals surface area contributed by atoms with Crippen molar-refractivity contribution in [2.24, 2.45) is 5.92 Å². The van der Waals surface area contributed by atoms with Gasteiger partial charge in [-0.25, -0.2) is 9.18 Å². The fraction of sp³-hybridized carbons (Fsp3) is 0.529. The van der Waals surface area contributed by atoms with E-state index in [9.17, 15) is 14.0 Å². The minimum atomic E-state index is -0.263. The standard InChI is InChI=1S/C17H24FN3O2/c1-12(2)15(11-13-3-5-14(18)6-4-13)20-17(23)21-9-7-16(22)19-8-10-21/h3-6,12,15H,7-11H2,1-2H3,(H,19,22)(H,20,23)/t15-/m1/s1. The molecular formula is C17H24FN3O2. The molecular weight excluding hydrogens is 297 g/mol. The number of hydrogen-bond acceptors (Lipinski definition) is 2. The average molecular weight is 321 g/mol. The number of carbonyl (C=O) groups is 2. The zero-order chi connectivity index (χ0) is 16.8. The Morgan fingerprint density at radius 1 is 1.30 bits per heavy atom. The number of rotatable bonds is 4. The molecule has 1 saturated heterocycles. The van der Waals surface area contributed by atoms with Crippen molar-refractivity contribution in [1.82, 2.24) is 15.5 Å². The van der Waals surface area contributed by atoms with E-state index in [0.29, 0.717) is 32.5 Å². The molecule has 1 heterocycles. The van der Waals surface area contributed by atoms with E-state index >= 15 is 0 Å². The zero-order valence-corrected chi connectivity index (χ0v) is 13.6. The maximum Gasteiger partial charge on any atom is 0.317 e. The Hall–Kier alpha value is -2.11. The summed E-state index contributed by atoms with van der Waals surface area (Å²) in [7, 11) is 0. The molecule has 2 rings (SSSR count). The molecule has 5 nitrogen and oxygen atoms in total. The van der Waals surface area contributed by atoms with Crippen molar-refractivity contribution in [3.8, 4) is 0 Å². The van der Waals surface area contributed by atoms with Gasteiger partial charge in [0, 0.05) is 32.1 Å². The maximum atomic E-state index is 13.0. The van der Waals surface area contributed by atoms with Gasteiger partial charge >= 0.3 is 6.03 Å². The van der Waals surface area contributed by atoms with E-state index < -0.39 is 0 Å². The van der Waals surface area contributed by atoms with E-state index in [-0.39, 0.29) is 29.7 Å². The monoisotopic (exact) mass is 321 g/mol. The van der Waals surface area contributed by atoms with Gasteiger partial charge in [-0.3, -0.25) is 4.79 Å². The molecule has 1 atom stereocenters. The van der Waals surface area contributed by atoms with Crippen LogP contribution in [0.5, 0.6) is 0 Å². The van der Waals surface area contributed by atoms with Crippen LogP contribution in [0, 0.1) is 11.7 Å². The van der Waals surface area contributed by atoms with Gasteiger partial charge in [0.2, 0.25) is 5.91 Å². The molecule has 0 radical (unpaired) electrons. The first-order valence-electron chi connectivity index (χ1n) is 8.02. The Bertz CT molecular complexity index is 545. The smallest absolute Gasteiger partial charge is 0.317 e. The third-order valence-corrected chi connectivity index (χ3v) is 4.08. The summed E-state index contributed by atoms with van der Waals surface area (Å²) in [4.78, 5) is 25.4. The number of halogens is 1. The molecule has 1 aliphatic heterocycles. The first-order chi connectivity index (χ1) is 11.0. The number of benzene rings is 1. The van der Waals surface area contributed by atoms with E-state index in [1.165, 1.54) is 12.1 Å². The topological polar surface area (TPSA) is 61.4 Å². The summed E-state index contributed by atoms with van der Waals surface area (Å²) < 4.78 is 13.0. The van der Waals surface area contributed by atoms with Crippen LogP contribution < -0.4 is 10.6 Å². The molecule has 1 aliphatic rings. The molecule has 3 amide bonds. The zero-order valence-electron chi connectivity index (χ0n) is 13.6. The first-order valence-corrected chi connectivity index (χ1v) is 8.02. The summed E-state index contributed by atoms with van der Waals surface area (Å²) in [6, 6.07) is 6.15. The Kier molecular flexibility index (Phi) is 5.96. The van der Waals surface area contributed by atoms with Crippen LogP contribution in [0.25, 0.3) is 0 Å². The van der Waals surface area contributed by atoms with Crippen LogP contribution in [-0.4, -0.2) is 42.5 Å². The normalized spacial score (nSPS) is 16.7. The van der Waals surface area contributed by atoms with Crippen LogP contribution in [0.15, 0.2) is 24.3 Å². The third-order valence-electron chi connectivity index (χ3n) is 4.08. The quantitative estimate of drug-likeness (QED) is 0.890. The number of amides is 3. The van der Waals surface area contributed by atoms with Gasteiger partial charge in [0.1, 0.15) is 5.82 Å². The fourth-order valence-electron chi connectivity index (χ4n) is 2.55. The van der Waals surface area contributed by atoms with Gasteiger partial charge in [-0.05, 0) is 30.0 Å². The molecule has 126 valence electrons. The van der Waals surface area contributed by atoms with E-state index in [4.69, 9.17) is 0 Å². The largest absolute Gasteiger partial charge is 0.354 e. The summed E-state index contributed by atoms with van der Waals surface area (Å²) in [5, 5.41) is 5.80. The van der Waals surface area contributed by atoms with Crippen LogP contribution in [0.3, 0.4) is 0 Å². The molecule has 0 aromatic heterocycles. The van der Waals surface area contributed by atoms with Gasteiger partial charge in [0.05, 0.1) is 0 Å². The van der Waals surface area contributed by atoms with Gasteiger partial charge in [0.25, 0.3) is 0 Å². The second kappa shape index (κ2) is 7.94. The number of hydrogen-bond donors (Lipinski definition) is 2. The second-order valence-corrected chi connectivity index (χ2v) is 6.22. The summed E-state index contributed by atoms with van der Waals surface area (Å²) in [5.74, 6) is -0.0385. The minimum Gasteiger partial charge on any atom is -0.354 e.